The molecule has 8 heteroatoms. The predicted molar refractivity (Wildman–Crippen MR) is 92.1 cm³/mol. The number of nitrogens with one attached hydrogen (secondary N) is 1. The molecule has 25 heavy (non-hydrogen) atoms. The molecule has 0 unspecified atom stereocenters. The maximum absolute atomic E-state index is 12.1. The Kier molecular flexibility index (Phi) is 5.57. The van der Waals surface area contributed by atoms with Gasteiger partial charge in [-0.25, -0.2) is 9.97 Å². The molecule has 8 nitrogen and oxygen atoms in total. The summed E-state index contributed by atoms with van der Waals surface area (Å²) in [5.41, 5.74) is 0. The number of aryl methyl sites for hydroxylation is 1. The van der Waals surface area contributed by atoms with Gasteiger partial charge in [-0.3, -0.25) is 4.79 Å². The second-order valence-corrected chi connectivity index (χ2v) is 6.58. The first-order chi connectivity index (χ1) is 12.1. The number of nitrogens with zero attached hydrogens (tertiary/aromatic N) is 5. The van der Waals surface area contributed by atoms with Crippen molar-refractivity contribution in [3.63, 3.8) is 0 Å². The lowest BCUT2D eigenvalue weighted by Crippen LogP contribution is -2.45. The van der Waals surface area contributed by atoms with Crippen LogP contribution in [0.4, 0.5) is 5.95 Å². The van der Waals surface area contributed by atoms with E-state index in [1.165, 1.54) is 0 Å². The third-order valence-corrected chi connectivity index (χ3v) is 4.26. The molecule has 1 aliphatic rings. The number of amides is 1. The van der Waals surface area contributed by atoms with Gasteiger partial charge in [0.05, 0.1) is 0 Å². The molecule has 0 aliphatic carbocycles. The topological polar surface area (TPSA) is 97.0 Å². The van der Waals surface area contributed by atoms with Gasteiger partial charge in [-0.15, -0.1) is 0 Å². The van der Waals surface area contributed by atoms with Gasteiger partial charge < -0.3 is 14.7 Å². The lowest BCUT2D eigenvalue weighted by molar-refractivity contribution is -0.122. The summed E-state index contributed by atoms with van der Waals surface area (Å²) in [4.78, 5) is 27.1. The molecule has 0 atom stereocenters. The summed E-state index contributed by atoms with van der Waals surface area (Å²) in [6.45, 7) is 5.70. The van der Waals surface area contributed by atoms with E-state index in [-0.39, 0.29) is 17.9 Å². The third kappa shape index (κ3) is 4.74. The van der Waals surface area contributed by atoms with Crippen molar-refractivity contribution in [2.24, 2.45) is 0 Å². The van der Waals surface area contributed by atoms with Gasteiger partial charge in [-0.2, -0.15) is 4.98 Å². The van der Waals surface area contributed by atoms with E-state index in [9.17, 15) is 4.79 Å². The molecule has 0 saturated carbocycles. The van der Waals surface area contributed by atoms with Crippen molar-refractivity contribution in [3.8, 4) is 0 Å². The fourth-order valence-electron chi connectivity index (χ4n) is 2.80. The van der Waals surface area contributed by atoms with Crippen LogP contribution >= 0.6 is 0 Å². The smallest absolute Gasteiger partial charge is 0.227 e. The van der Waals surface area contributed by atoms with Crippen LogP contribution in [-0.2, 0) is 11.2 Å². The molecule has 134 valence electrons. The summed E-state index contributed by atoms with van der Waals surface area (Å²) >= 11 is 0. The van der Waals surface area contributed by atoms with Crippen LogP contribution in [0.25, 0.3) is 0 Å². The van der Waals surface area contributed by atoms with E-state index in [1.54, 1.807) is 12.4 Å². The first-order valence-electron chi connectivity index (χ1n) is 8.75. The third-order valence-electron chi connectivity index (χ3n) is 4.26. The lowest BCUT2D eigenvalue weighted by atomic mass is 10.1. The highest BCUT2D eigenvalue weighted by atomic mass is 16.5. The van der Waals surface area contributed by atoms with Gasteiger partial charge in [-0.05, 0) is 18.9 Å². The molecule has 0 aromatic carbocycles. The molecule has 1 saturated heterocycles. The van der Waals surface area contributed by atoms with E-state index in [1.807, 2.05) is 19.9 Å². The van der Waals surface area contributed by atoms with E-state index in [0.29, 0.717) is 24.6 Å². The zero-order chi connectivity index (χ0) is 17.6. The minimum atomic E-state index is 0.0266. The van der Waals surface area contributed by atoms with Crippen LogP contribution in [0.3, 0.4) is 0 Å². The quantitative estimate of drug-likeness (QED) is 0.852. The average molecular weight is 344 g/mol. The highest BCUT2D eigenvalue weighted by Crippen LogP contribution is 2.15. The Morgan fingerprint density at radius 1 is 1.32 bits per heavy atom. The number of aromatic nitrogens is 4. The van der Waals surface area contributed by atoms with Crippen molar-refractivity contribution in [1.29, 1.82) is 0 Å². The van der Waals surface area contributed by atoms with Crippen LogP contribution in [0.1, 0.15) is 50.7 Å². The maximum Gasteiger partial charge on any atom is 0.227 e. The van der Waals surface area contributed by atoms with Gasteiger partial charge in [0.15, 0.2) is 5.82 Å². The Balaban J connectivity index is 1.40. The monoisotopic (exact) mass is 344 g/mol. The first-order valence-corrected chi connectivity index (χ1v) is 8.75. The van der Waals surface area contributed by atoms with Crippen molar-refractivity contribution < 1.29 is 9.32 Å². The van der Waals surface area contributed by atoms with E-state index < -0.39 is 0 Å². The van der Waals surface area contributed by atoms with Crippen molar-refractivity contribution in [1.82, 2.24) is 25.4 Å². The predicted octanol–water partition coefficient (Wildman–Crippen LogP) is 1.70. The summed E-state index contributed by atoms with van der Waals surface area (Å²) in [5.74, 6) is 2.22. The van der Waals surface area contributed by atoms with Gasteiger partial charge in [0.2, 0.25) is 17.7 Å². The van der Waals surface area contributed by atoms with Crippen molar-refractivity contribution in [2.75, 3.05) is 18.0 Å². The molecule has 0 spiro atoms. The van der Waals surface area contributed by atoms with Crippen LogP contribution < -0.4 is 10.2 Å². The van der Waals surface area contributed by atoms with Crippen LogP contribution in [0.15, 0.2) is 23.0 Å². The van der Waals surface area contributed by atoms with E-state index in [4.69, 9.17) is 4.52 Å². The first kappa shape index (κ1) is 17.3. The number of piperidine rings is 1. The van der Waals surface area contributed by atoms with Gasteiger partial charge in [-0.1, -0.05) is 19.0 Å². The molecule has 1 amide bonds. The van der Waals surface area contributed by atoms with E-state index in [0.717, 1.165) is 31.9 Å². The zero-order valence-corrected chi connectivity index (χ0v) is 14.7. The maximum atomic E-state index is 12.1. The average Bonchev–Trinajstić information content (AvgIpc) is 3.11. The van der Waals surface area contributed by atoms with Crippen LogP contribution in [-0.4, -0.2) is 45.1 Å². The molecular weight excluding hydrogens is 320 g/mol. The number of rotatable bonds is 6. The zero-order valence-electron chi connectivity index (χ0n) is 14.7. The van der Waals surface area contributed by atoms with Gasteiger partial charge in [0.25, 0.3) is 0 Å². The van der Waals surface area contributed by atoms with Crippen LogP contribution in [0.5, 0.6) is 0 Å². The molecule has 3 heterocycles. The Labute approximate surface area is 147 Å². The highest BCUT2D eigenvalue weighted by Gasteiger charge is 2.22. The Morgan fingerprint density at radius 3 is 2.68 bits per heavy atom. The Hall–Kier alpha value is -2.51. The number of carbonyl (C=O) groups is 1. The Bertz CT molecular complexity index is 679. The molecule has 2 aromatic rings. The fourth-order valence-corrected chi connectivity index (χ4v) is 2.80. The second-order valence-electron chi connectivity index (χ2n) is 6.58. The molecule has 1 fully saturated rings. The fraction of sp³-hybridized carbons (Fsp3) is 0.588. The van der Waals surface area contributed by atoms with E-state index in [2.05, 4.69) is 30.3 Å². The van der Waals surface area contributed by atoms with Crippen LogP contribution in [0.2, 0.25) is 0 Å². The SMILES string of the molecule is CC(C)c1noc(CCC(=O)NC2CCN(c3ncccn3)CC2)n1. The van der Waals surface area contributed by atoms with Gasteiger partial charge in [0, 0.05) is 50.3 Å². The number of anilines is 1. The minimum Gasteiger partial charge on any atom is -0.353 e. The standard InChI is InChI=1S/C17H24N6O2/c1-12(2)16-21-15(25-22-16)5-4-14(24)20-13-6-10-23(11-7-13)17-18-8-3-9-19-17/h3,8-9,12-13H,4-7,10-11H2,1-2H3,(H,20,24). The molecule has 1 N–H and O–H groups in total. The molecular formula is C17H24N6O2. The Morgan fingerprint density at radius 2 is 2.04 bits per heavy atom. The summed E-state index contributed by atoms with van der Waals surface area (Å²) in [6, 6.07) is 2.01. The van der Waals surface area contributed by atoms with Gasteiger partial charge >= 0.3 is 0 Å². The number of hydrogen-bond donors (Lipinski definition) is 1. The second kappa shape index (κ2) is 8.04. The van der Waals surface area contributed by atoms with Gasteiger partial charge in [0.1, 0.15) is 0 Å². The van der Waals surface area contributed by atoms with Crippen molar-refractivity contribution >= 4 is 11.9 Å². The lowest BCUT2D eigenvalue weighted by Gasteiger charge is -2.32. The summed E-state index contributed by atoms with van der Waals surface area (Å²) in [6.07, 6.45) is 6.12. The largest absolute Gasteiger partial charge is 0.353 e. The molecule has 2 aromatic heterocycles. The highest BCUT2D eigenvalue weighted by molar-refractivity contribution is 5.76. The van der Waals surface area contributed by atoms with Crippen molar-refractivity contribution in [3.05, 3.63) is 30.2 Å². The normalized spacial score (nSPS) is 15.6. The molecule has 0 bridgehead atoms. The number of carbonyl (C=O) groups excluding carboxylic acids is 1. The molecule has 3 rings (SSSR count). The summed E-state index contributed by atoms with van der Waals surface area (Å²) in [5, 5.41) is 7.01. The molecule has 0 radical (unpaired) electrons. The minimum absolute atomic E-state index is 0.0266. The van der Waals surface area contributed by atoms with Crippen LogP contribution in [0, 0.1) is 0 Å². The number of hydrogen-bond acceptors (Lipinski definition) is 7. The summed E-state index contributed by atoms with van der Waals surface area (Å²) < 4.78 is 5.17. The van der Waals surface area contributed by atoms with Crippen molar-refractivity contribution in [2.45, 2.75) is 51.5 Å². The summed E-state index contributed by atoms with van der Waals surface area (Å²) in [7, 11) is 0. The van der Waals surface area contributed by atoms with E-state index >= 15 is 0 Å². The molecule has 1 aliphatic heterocycles.